The van der Waals surface area contributed by atoms with Crippen molar-refractivity contribution >= 4 is 5.78 Å². The monoisotopic (exact) mass is 234 g/mol. The van der Waals surface area contributed by atoms with Crippen LogP contribution in [0.25, 0.3) is 0 Å². The van der Waals surface area contributed by atoms with Crippen LogP contribution in [0, 0.1) is 0 Å². The van der Waals surface area contributed by atoms with Crippen LogP contribution in [0.2, 0.25) is 0 Å². The Morgan fingerprint density at radius 2 is 1.71 bits per heavy atom. The summed E-state index contributed by atoms with van der Waals surface area (Å²) in [5, 5.41) is 0. The van der Waals surface area contributed by atoms with E-state index < -0.39 is 0 Å². The van der Waals surface area contributed by atoms with Crippen molar-refractivity contribution in [2.75, 3.05) is 14.2 Å². The Kier molecular flexibility index (Phi) is 3.67. The summed E-state index contributed by atoms with van der Waals surface area (Å²) in [5.74, 6) is 2.39. The summed E-state index contributed by atoms with van der Waals surface area (Å²) in [6, 6.07) is 6.03. The molecule has 2 rings (SSSR count). The van der Waals surface area contributed by atoms with E-state index in [1.165, 1.54) is 5.56 Å². The molecule has 1 fully saturated rings. The standard InChI is InChI=1S/C14H18O3/c1-16-13-8-5-11(9-14(13)17-2)10-3-6-12(15)7-4-10/h5,8-10H,3-4,6-7H2,1-2H3. The van der Waals surface area contributed by atoms with Gasteiger partial charge in [0.1, 0.15) is 5.78 Å². The maximum Gasteiger partial charge on any atom is 0.160 e. The number of Topliss-reactive ketones (excluding diaryl/α,β-unsaturated/α-hetero) is 1. The quantitative estimate of drug-likeness (QED) is 0.806. The predicted octanol–water partition coefficient (Wildman–Crippen LogP) is 2.93. The van der Waals surface area contributed by atoms with E-state index in [-0.39, 0.29) is 0 Å². The number of carbonyl (C=O) groups excluding carboxylic acids is 1. The molecule has 0 radical (unpaired) electrons. The number of ether oxygens (including phenoxy) is 2. The fourth-order valence-electron chi connectivity index (χ4n) is 2.38. The lowest BCUT2D eigenvalue weighted by atomic mass is 9.83. The fourth-order valence-corrected chi connectivity index (χ4v) is 2.38. The van der Waals surface area contributed by atoms with Crippen molar-refractivity contribution in [3.8, 4) is 11.5 Å². The van der Waals surface area contributed by atoms with Gasteiger partial charge in [-0.1, -0.05) is 6.07 Å². The van der Waals surface area contributed by atoms with Crippen LogP contribution >= 0.6 is 0 Å². The molecule has 0 saturated heterocycles. The molecule has 0 amide bonds. The third-order valence-electron chi connectivity index (χ3n) is 3.42. The van der Waals surface area contributed by atoms with E-state index in [0.717, 1.165) is 24.3 Å². The van der Waals surface area contributed by atoms with E-state index in [9.17, 15) is 4.79 Å². The Bertz CT molecular complexity index is 402. The van der Waals surface area contributed by atoms with Crippen LogP contribution in [0.1, 0.15) is 37.2 Å². The maximum atomic E-state index is 11.2. The summed E-state index contributed by atoms with van der Waals surface area (Å²) in [6.45, 7) is 0. The van der Waals surface area contributed by atoms with Crippen LogP contribution in [-0.4, -0.2) is 20.0 Å². The highest BCUT2D eigenvalue weighted by Crippen LogP contribution is 2.36. The van der Waals surface area contributed by atoms with E-state index in [0.29, 0.717) is 24.5 Å². The van der Waals surface area contributed by atoms with Crippen molar-refractivity contribution in [2.45, 2.75) is 31.6 Å². The van der Waals surface area contributed by atoms with Crippen LogP contribution in [0.15, 0.2) is 18.2 Å². The molecule has 0 spiro atoms. The Hall–Kier alpha value is -1.51. The highest BCUT2D eigenvalue weighted by molar-refractivity contribution is 5.79. The predicted molar refractivity (Wildman–Crippen MR) is 65.8 cm³/mol. The van der Waals surface area contributed by atoms with Crippen molar-refractivity contribution in [2.24, 2.45) is 0 Å². The van der Waals surface area contributed by atoms with Gasteiger partial charge in [0.15, 0.2) is 11.5 Å². The minimum absolute atomic E-state index is 0.390. The Morgan fingerprint density at radius 3 is 2.29 bits per heavy atom. The SMILES string of the molecule is COc1ccc(C2CCC(=O)CC2)cc1OC. The van der Waals surface area contributed by atoms with Crippen molar-refractivity contribution in [1.82, 2.24) is 0 Å². The van der Waals surface area contributed by atoms with Crippen LogP contribution < -0.4 is 9.47 Å². The molecule has 0 heterocycles. The average Bonchev–Trinajstić information content (AvgIpc) is 2.39. The van der Waals surface area contributed by atoms with Crippen molar-refractivity contribution in [3.63, 3.8) is 0 Å². The summed E-state index contributed by atoms with van der Waals surface area (Å²) in [4.78, 5) is 11.2. The second kappa shape index (κ2) is 5.21. The van der Waals surface area contributed by atoms with Crippen molar-refractivity contribution < 1.29 is 14.3 Å². The van der Waals surface area contributed by atoms with Crippen LogP contribution in [0.4, 0.5) is 0 Å². The highest BCUT2D eigenvalue weighted by Gasteiger charge is 2.21. The molecule has 1 aliphatic carbocycles. The molecule has 3 nitrogen and oxygen atoms in total. The van der Waals surface area contributed by atoms with Gasteiger partial charge in [-0.05, 0) is 36.5 Å². The van der Waals surface area contributed by atoms with Crippen molar-refractivity contribution in [1.29, 1.82) is 0 Å². The van der Waals surface area contributed by atoms with Crippen molar-refractivity contribution in [3.05, 3.63) is 23.8 Å². The second-order valence-electron chi connectivity index (χ2n) is 4.43. The third-order valence-corrected chi connectivity index (χ3v) is 3.42. The number of hydrogen-bond donors (Lipinski definition) is 0. The highest BCUT2D eigenvalue weighted by atomic mass is 16.5. The molecule has 1 saturated carbocycles. The first-order valence-electron chi connectivity index (χ1n) is 5.98. The third kappa shape index (κ3) is 2.60. The number of hydrogen-bond acceptors (Lipinski definition) is 3. The molecule has 0 bridgehead atoms. The van der Waals surface area contributed by atoms with Gasteiger partial charge < -0.3 is 9.47 Å². The maximum absolute atomic E-state index is 11.2. The van der Waals surface area contributed by atoms with Gasteiger partial charge >= 0.3 is 0 Å². The molecular formula is C14H18O3. The summed E-state index contributed by atoms with van der Waals surface area (Å²) in [6.07, 6.45) is 3.32. The summed E-state index contributed by atoms with van der Waals surface area (Å²) >= 11 is 0. The molecule has 17 heavy (non-hydrogen) atoms. The Morgan fingerprint density at radius 1 is 1.06 bits per heavy atom. The molecule has 0 unspecified atom stereocenters. The molecule has 0 atom stereocenters. The lowest BCUT2D eigenvalue weighted by Crippen LogP contribution is -2.12. The van der Waals surface area contributed by atoms with Crippen LogP contribution in [0.5, 0.6) is 11.5 Å². The number of benzene rings is 1. The molecule has 92 valence electrons. The van der Waals surface area contributed by atoms with E-state index in [1.54, 1.807) is 14.2 Å². The zero-order valence-corrected chi connectivity index (χ0v) is 10.4. The van der Waals surface area contributed by atoms with E-state index in [2.05, 4.69) is 6.07 Å². The summed E-state index contributed by atoms with van der Waals surface area (Å²) in [7, 11) is 3.28. The lowest BCUT2D eigenvalue weighted by molar-refractivity contribution is -0.120. The zero-order valence-electron chi connectivity index (χ0n) is 10.4. The van der Waals surface area contributed by atoms with Gasteiger partial charge in [0, 0.05) is 12.8 Å². The van der Waals surface area contributed by atoms with Gasteiger partial charge in [0.25, 0.3) is 0 Å². The number of carbonyl (C=O) groups is 1. The summed E-state index contributed by atoms with van der Waals surface area (Å²) in [5.41, 5.74) is 1.25. The van der Waals surface area contributed by atoms with Gasteiger partial charge in [-0.15, -0.1) is 0 Å². The fraction of sp³-hybridized carbons (Fsp3) is 0.500. The molecule has 1 aromatic carbocycles. The largest absolute Gasteiger partial charge is 0.493 e. The molecule has 0 N–H and O–H groups in total. The van der Waals surface area contributed by atoms with Gasteiger partial charge in [0.05, 0.1) is 14.2 Å². The zero-order chi connectivity index (χ0) is 12.3. The van der Waals surface area contributed by atoms with E-state index in [1.807, 2.05) is 12.1 Å². The van der Waals surface area contributed by atoms with Crippen LogP contribution in [-0.2, 0) is 4.79 Å². The van der Waals surface area contributed by atoms with Gasteiger partial charge in [-0.3, -0.25) is 4.79 Å². The van der Waals surface area contributed by atoms with E-state index in [4.69, 9.17) is 9.47 Å². The minimum atomic E-state index is 0.390. The first-order chi connectivity index (χ1) is 8.24. The van der Waals surface area contributed by atoms with E-state index >= 15 is 0 Å². The Labute approximate surface area is 102 Å². The first kappa shape index (κ1) is 12.0. The van der Waals surface area contributed by atoms with Gasteiger partial charge in [-0.25, -0.2) is 0 Å². The number of ketones is 1. The van der Waals surface area contributed by atoms with Gasteiger partial charge in [0.2, 0.25) is 0 Å². The lowest BCUT2D eigenvalue weighted by Gasteiger charge is -2.22. The van der Waals surface area contributed by atoms with Gasteiger partial charge in [-0.2, -0.15) is 0 Å². The van der Waals surface area contributed by atoms with Crippen LogP contribution in [0.3, 0.4) is 0 Å². The smallest absolute Gasteiger partial charge is 0.160 e. The minimum Gasteiger partial charge on any atom is -0.493 e. The Balaban J connectivity index is 2.18. The topological polar surface area (TPSA) is 35.5 Å². The molecule has 1 aromatic rings. The average molecular weight is 234 g/mol. The molecule has 0 aromatic heterocycles. The number of rotatable bonds is 3. The second-order valence-corrected chi connectivity index (χ2v) is 4.43. The first-order valence-corrected chi connectivity index (χ1v) is 5.98. The molecular weight excluding hydrogens is 216 g/mol. The molecule has 0 aliphatic heterocycles. The number of methoxy groups -OCH3 is 2. The summed E-state index contributed by atoms with van der Waals surface area (Å²) < 4.78 is 10.5. The molecule has 3 heteroatoms. The normalized spacial score (nSPS) is 16.9. The molecule has 1 aliphatic rings.